The third-order valence-electron chi connectivity index (χ3n) is 11.5. The third kappa shape index (κ3) is 9.05. The number of nitrogens with one attached hydrogen (secondary N) is 1. The van der Waals surface area contributed by atoms with Gasteiger partial charge >= 0.3 is 5.97 Å². The highest BCUT2D eigenvalue weighted by Gasteiger charge is 2.54. The van der Waals surface area contributed by atoms with E-state index in [0.29, 0.717) is 22.4 Å². The van der Waals surface area contributed by atoms with Crippen molar-refractivity contribution >= 4 is 36.8 Å². The van der Waals surface area contributed by atoms with E-state index >= 15 is 0 Å². The van der Waals surface area contributed by atoms with Gasteiger partial charge in [0.25, 0.3) is 5.69 Å². The van der Waals surface area contributed by atoms with Crippen molar-refractivity contribution in [3.8, 4) is 11.5 Å². The molecule has 312 valence electrons. The Morgan fingerprint density at radius 3 is 1.97 bits per heavy atom. The molecule has 1 aromatic heterocycles. The Hall–Kier alpha value is -5.54. The van der Waals surface area contributed by atoms with Gasteiger partial charge in [-0.05, 0) is 71.2 Å². The van der Waals surface area contributed by atoms with Gasteiger partial charge in [-0.1, -0.05) is 75.4 Å². The number of non-ortho nitro benzene ring substituents is 1. The number of hydrogen-bond acceptors (Lipinski definition) is 10. The summed E-state index contributed by atoms with van der Waals surface area (Å²) in [6, 6.07) is 31.7. The molecule has 2 heterocycles. The summed E-state index contributed by atoms with van der Waals surface area (Å²) in [5.41, 5.74) is 1.88. The summed E-state index contributed by atoms with van der Waals surface area (Å²) in [6.45, 7) is 10.6. The lowest BCUT2D eigenvalue weighted by molar-refractivity contribution is -0.384. The first kappa shape index (κ1) is 43.0. The molecule has 0 radical (unpaired) electrons. The van der Waals surface area contributed by atoms with E-state index in [1.54, 1.807) is 32.5 Å². The molecule has 6 rings (SSSR count). The smallest absolute Gasteiger partial charge is 0.306 e. The van der Waals surface area contributed by atoms with E-state index in [-0.39, 0.29) is 36.1 Å². The summed E-state index contributed by atoms with van der Waals surface area (Å²) in [5, 5.41) is 14.6. The Labute approximate surface area is 345 Å². The molecule has 0 spiro atoms. The van der Waals surface area contributed by atoms with Crippen molar-refractivity contribution in [3.63, 3.8) is 0 Å². The number of fused-ring (bicyclic) bond motifs is 1. The fraction of sp³-hybridized carbons (Fsp3) is 0.378. The van der Waals surface area contributed by atoms with Crippen LogP contribution in [0.25, 0.3) is 10.9 Å². The number of esters is 1. The minimum atomic E-state index is -2.63. The molecule has 59 heavy (non-hydrogen) atoms. The number of ether oxygens (including phenoxy) is 5. The molecule has 1 saturated heterocycles. The Balaban J connectivity index is 1.50. The number of carbonyl (C=O) groups is 2. The molecule has 14 heteroatoms. The maximum atomic E-state index is 13.7. The molecule has 1 N–H and O–H groups in total. The van der Waals surface area contributed by atoms with E-state index in [4.69, 9.17) is 28.1 Å². The monoisotopic (exact) mass is 823 g/mol. The number of methoxy groups -OCH3 is 2. The lowest BCUT2D eigenvalue weighted by Crippen LogP contribution is -2.51. The van der Waals surface area contributed by atoms with Gasteiger partial charge in [0.05, 0.1) is 37.7 Å². The molecular formula is C45H53N3O10Si. The largest absolute Gasteiger partial charge is 0.497 e. The lowest BCUT2D eigenvalue weighted by Gasteiger charge is -2.41. The second-order valence-corrected chi connectivity index (χ2v) is 20.8. The summed E-state index contributed by atoms with van der Waals surface area (Å²) in [5.74, 6) is 0.467. The Bertz CT molecular complexity index is 2190. The number of benzene rings is 4. The fourth-order valence-electron chi connectivity index (χ4n) is 7.17. The van der Waals surface area contributed by atoms with Gasteiger partial charge in [0.1, 0.15) is 29.3 Å². The van der Waals surface area contributed by atoms with Crippen molar-refractivity contribution in [1.82, 2.24) is 9.88 Å². The molecule has 13 nitrogen and oxygen atoms in total. The summed E-state index contributed by atoms with van der Waals surface area (Å²) in [7, 11) is 2.12. The first-order chi connectivity index (χ1) is 28.1. The molecule has 1 unspecified atom stereocenters. The number of nitro benzene ring substituents is 1. The van der Waals surface area contributed by atoms with Crippen LogP contribution < -0.4 is 14.8 Å². The summed E-state index contributed by atoms with van der Waals surface area (Å²) < 4.78 is 40.8. The van der Waals surface area contributed by atoms with Gasteiger partial charge in [-0.25, -0.2) is 0 Å². The predicted molar refractivity (Wildman–Crippen MR) is 226 cm³/mol. The van der Waals surface area contributed by atoms with Crippen LogP contribution in [0.3, 0.4) is 0 Å². The van der Waals surface area contributed by atoms with Crippen molar-refractivity contribution in [2.45, 2.75) is 81.9 Å². The SMILES string of the molecule is CNC(=O)CCC(=O)O[C@H]1C(O[Si](C)(C)C(C)(C)C)[C@@H](COC(c2ccccc2)(c2ccc(OC)cc2)c2ccc(OC)cc2)O[C@H]1n1ccc2cc([N+](=O)[O-])ccc21. The number of nitrogens with zero attached hydrogens (tertiary/aromatic N) is 2. The molecule has 5 aromatic rings. The molecule has 0 bridgehead atoms. The number of carbonyl (C=O) groups excluding carboxylic acids is 2. The van der Waals surface area contributed by atoms with Crippen LogP contribution in [0.2, 0.25) is 18.1 Å². The number of rotatable bonds is 16. The second kappa shape index (κ2) is 17.8. The summed E-state index contributed by atoms with van der Waals surface area (Å²) in [4.78, 5) is 37.1. The van der Waals surface area contributed by atoms with Crippen LogP contribution in [0.5, 0.6) is 11.5 Å². The Kier molecular flexibility index (Phi) is 13.0. The van der Waals surface area contributed by atoms with Crippen LogP contribution >= 0.6 is 0 Å². The topological polar surface area (TPSA) is 150 Å². The number of hydrogen-bond donors (Lipinski definition) is 1. The summed E-state index contributed by atoms with van der Waals surface area (Å²) >= 11 is 0. The van der Waals surface area contributed by atoms with Crippen LogP contribution in [0.15, 0.2) is 109 Å². The first-order valence-electron chi connectivity index (χ1n) is 19.6. The molecule has 1 aliphatic rings. The van der Waals surface area contributed by atoms with Crippen LogP contribution in [-0.2, 0) is 33.8 Å². The Morgan fingerprint density at radius 2 is 1.42 bits per heavy atom. The first-order valence-corrected chi connectivity index (χ1v) is 22.5. The van der Waals surface area contributed by atoms with Gasteiger partial charge in [-0.2, -0.15) is 0 Å². The van der Waals surface area contributed by atoms with Gasteiger partial charge in [-0.3, -0.25) is 19.7 Å². The zero-order valence-corrected chi connectivity index (χ0v) is 35.8. The van der Waals surface area contributed by atoms with E-state index in [2.05, 4.69) is 39.2 Å². The van der Waals surface area contributed by atoms with Crippen LogP contribution in [0.1, 0.15) is 56.5 Å². The normalized spacial score (nSPS) is 18.4. The van der Waals surface area contributed by atoms with Crippen LogP contribution in [0.4, 0.5) is 5.69 Å². The molecule has 0 aliphatic carbocycles. The number of aromatic nitrogens is 1. The van der Waals surface area contributed by atoms with Gasteiger partial charge in [-0.15, -0.1) is 0 Å². The second-order valence-electron chi connectivity index (χ2n) is 16.1. The highest BCUT2D eigenvalue weighted by atomic mass is 28.4. The standard InChI is InChI=1S/C45H53N3O10Si/c1-44(2,3)59(7,8)58-41-38(56-43(42(41)57-40(50)25-24-39(49)46-4)47-27-26-30-28-34(48(51)52)18-23-37(30)47)29-55-45(31-12-10-9-11-13-31,32-14-19-35(53-5)20-15-32)33-16-21-36(54-6)22-17-33/h9-23,26-28,38,41-43H,24-25,29H2,1-8H3,(H,46,49)/t38-,41?,42+,43-/m1/s1. The van der Waals surface area contributed by atoms with Crippen molar-refractivity contribution in [2.75, 3.05) is 27.9 Å². The van der Waals surface area contributed by atoms with E-state index in [0.717, 1.165) is 16.7 Å². The zero-order valence-electron chi connectivity index (χ0n) is 34.8. The molecule has 1 aliphatic heterocycles. The van der Waals surface area contributed by atoms with Gasteiger partial charge < -0.3 is 38.0 Å². The van der Waals surface area contributed by atoms with Gasteiger partial charge in [0, 0.05) is 37.2 Å². The lowest BCUT2D eigenvalue weighted by atomic mass is 9.80. The minimum Gasteiger partial charge on any atom is -0.497 e. The van der Waals surface area contributed by atoms with Crippen molar-refractivity contribution in [2.24, 2.45) is 0 Å². The minimum absolute atomic E-state index is 0.0281. The van der Waals surface area contributed by atoms with Crippen molar-refractivity contribution in [3.05, 3.63) is 136 Å². The highest BCUT2D eigenvalue weighted by molar-refractivity contribution is 6.74. The van der Waals surface area contributed by atoms with Crippen molar-refractivity contribution in [1.29, 1.82) is 0 Å². The number of nitro groups is 1. The third-order valence-corrected chi connectivity index (χ3v) is 15.9. The zero-order chi connectivity index (χ0) is 42.5. The molecular weight excluding hydrogens is 771 g/mol. The summed E-state index contributed by atoms with van der Waals surface area (Å²) in [6.07, 6.45) is -2.04. The average Bonchev–Trinajstić information content (AvgIpc) is 3.80. The van der Waals surface area contributed by atoms with E-state index in [9.17, 15) is 19.7 Å². The fourth-order valence-corrected chi connectivity index (χ4v) is 8.49. The Morgan fingerprint density at radius 1 is 0.831 bits per heavy atom. The quantitative estimate of drug-likeness (QED) is 0.0339. The van der Waals surface area contributed by atoms with E-state index < -0.39 is 49.4 Å². The molecule has 0 saturated carbocycles. The van der Waals surface area contributed by atoms with Crippen LogP contribution in [-0.4, -0.2) is 75.9 Å². The van der Waals surface area contributed by atoms with Gasteiger partial charge in [0.15, 0.2) is 20.6 Å². The highest BCUT2D eigenvalue weighted by Crippen LogP contribution is 2.46. The van der Waals surface area contributed by atoms with E-state index in [1.807, 2.05) is 83.4 Å². The molecule has 4 atom stereocenters. The van der Waals surface area contributed by atoms with Gasteiger partial charge in [0.2, 0.25) is 5.91 Å². The van der Waals surface area contributed by atoms with Crippen molar-refractivity contribution < 1.29 is 42.6 Å². The average molecular weight is 824 g/mol. The number of amides is 1. The molecule has 1 fully saturated rings. The van der Waals surface area contributed by atoms with E-state index in [1.165, 1.54) is 19.2 Å². The molecule has 1 amide bonds. The maximum Gasteiger partial charge on any atom is 0.306 e. The predicted octanol–water partition coefficient (Wildman–Crippen LogP) is 8.30. The van der Waals surface area contributed by atoms with Crippen LogP contribution in [0, 0.1) is 10.1 Å². The molecule has 4 aromatic carbocycles. The maximum absolute atomic E-state index is 13.7.